The molecule has 3 aromatic heterocycles. The van der Waals surface area contributed by atoms with Crippen LogP contribution in [0.4, 0.5) is 11.6 Å². The van der Waals surface area contributed by atoms with E-state index in [4.69, 9.17) is 11.6 Å². The van der Waals surface area contributed by atoms with Gasteiger partial charge in [-0.3, -0.25) is 4.79 Å². The summed E-state index contributed by atoms with van der Waals surface area (Å²) in [6.07, 6.45) is 4.77. The standard InChI is InChI=1S/C17H18ClN7O/c1-11-7-15(25-17(22-11)20-10-21-25)24-6-2-3-12(9-24)16(26)23-14-5-4-13(18)8-19-14/h4-5,7-8,10,12H,2-3,6,9H2,1H3,(H,19,23,26). The van der Waals surface area contributed by atoms with Crippen LogP contribution in [-0.2, 0) is 4.79 Å². The number of carbonyl (C=O) groups excluding carboxylic acids is 1. The van der Waals surface area contributed by atoms with E-state index in [9.17, 15) is 4.79 Å². The van der Waals surface area contributed by atoms with Crippen LogP contribution >= 0.6 is 11.6 Å². The van der Waals surface area contributed by atoms with Crippen LogP contribution in [0.2, 0.25) is 5.02 Å². The van der Waals surface area contributed by atoms with Gasteiger partial charge in [-0.05, 0) is 31.9 Å². The van der Waals surface area contributed by atoms with E-state index in [1.54, 1.807) is 16.6 Å². The van der Waals surface area contributed by atoms with Crippen molar-refractivity contribution in [1.82, 2.24) is 24.6 Å². The van der Waals surface area contributed by atoms with Crippen molar-refractivity contribution in [2.45, 2.75) is 19.8 Å². The van der Waals surface area contributed by atoms with Crippen LogP contribution in [0.3, 0.4) is 0 Å². The Bertz CT molecular complexity index is 940. The van der Waals surface area contributed by atoms with Gasteiger partial charge in [-0.1, -0.05) is 11.6 Å². The maximum Gasteiger partial charge on any atom is 0.254 e. The van der Waals surface area contributed by atoms with Crippen molar-refractivity contribution in [3.8, 4) is 0 Å². The largest absolute Gasteiger partial charge is 0.356 e. The molecular weight excluding hydrogens is 354 g/mol. The summed E-state index contributed by atoms with van der Waals surface area (Å²) in [6, 6.07) is 5.38. The Hall–Kier alpha value is -2.74. The number of fused-ring (bicyclic) bond motifs is 1. The fourth-order valence-electron chi connectivity index (χ4n) is 3.21. The first-order chi connectivity index (χ1) is 12.6. The van der Waals surface area contributed by atoms with Gasteiger partial charge in [0, 0.05) is 31.0 Å². The third-order valence-corrected chi connectivity index (χ3v) is 4.68. The van der Waals surface area contributed by atoms with Crippen molar-refractivity contribution in [3.05, 3.63) is 41.4 Å². The monoisotopic (exact) mass is 371 g/mol. The van der Waals surface area contributed by atoms with E-state index in [-0.39, 0.29) is 11.8 Å². The zero-order chi connectivity index (χ0) is 18.1. The van der Waals surface area contributed by atoms with E-state index in [2.05, 4.69) is 30.3 Å². The zero-order valence-electron chi connectivity index (χ0n) is 14.3. The fourth-order valence-corrected chi connectivity index (χ4v) is 3.33. The summed E-state index contributed by atoms with van der Waals surface area (Å²) in [5, 5.41) is 7.67. The molecule has 1 fully saturated rings. The van der Waals surface area contributed by atoms with Crippen LogP contribution in [-0.4, -0.2) is 43.6 Å². The maximum atomic E-state index is 12.7. The third-order valence-electron chi connectivity index (χ3n) is 4.46. The third kappa shape index (κ3) is 3.32. The van der Waals surface area contributed by atoms with Gasteiger partial charge in [0.15, 0.2) is 0 Å². The van der Waals surface area contributed by atoms with Crippen molar-refractivity contribution in [2.75, 3.05) is 23.3 Å². The molecule has 0 radical (unpaired) electrons. The van der Waals surface area contributed by atoms with Crippen LogP contribution in [0.25, 0.3) is 5.78 Å². The van der Waals surface area contributed by atoms with Crippen molar-refractivity contribution in [3.63, 3.8) is 0 Å². The number of aromatic nitrogens is 5. The summed E-state index contributed by atoms with van der Waals surface area (Å²) < 4.78 is 1.72. The molecule has 4 rings (SSSR count). The molecule has 1 amide bonds. The molecule has 134 valence electrons. The molecule has 4 heterocycles. The highest BCUT2D eigenvalue weighted by Gasteiger charge is 2.27. The predicted octanol–water partition coefficient (Wildman–Crippen LogP) is 2.34. The van der Waals surface area contributed by atoms with Crippen LogP contribution in [0.15, 0.2) is 30.7 Å². The quantitative estimate of drug-likeness (QED) is 0.760. The summed E-state index contributed by atoms with van der Waals surface area (Å²) in [4.78, 5) is 27.5. The minimum absolute atomic E-state index is 0.0369. The van der Waals surface area contributed by atoms with Gasteiger partial charge in [0.1, 0.15) is 18.0 Å². The highest BCUT2D eigenvalue weighted by Crippen LogP contribution is 2.24. The number of hydrogen-bond acceptors (Lipinski definition) is 6. The van der Waals surface area contributed by atoms with E-state index < -0.39 is 0 Å². The Labute approximate surface area is 155 Å². The number of rotatable bonds is 3. The van der Waals surface area contributed by atoms with Gasteiger partial charge in [0.05, 0.1) is 10.9 Å². The van der Waals surface area contributed by atoms with Crippen molar-refractivity contribution in [2.24, 2.45) is 5.92 Å². The Morgan fingerprint density at radius 2 is 2.23 bits per heavy atom. The number of nitrogens with zero attached hydrogens (tertiary/aromatic N) is 6. The lowest BCUT2D eigenvalue weighted by molar-refractivity contribution is -0.120. The van der Waals surface area contributed by atoms with Crippen LogP contribution in [0.5, 0.6) is 0 Å². The second-order valence-electron chi connectivity index (χ2n) is 6.36. The van der Waals surface area contributed by atoms with Crippen LogP contribution < -0.4 is 10.2 Å². The molecule has 0 saturated carbocycles. The van der Waals surface area contributed by atoms with E-state index >= 15 is 0 Å². The fraction of sp³-hybridized carbons (Fsp3) is 0.353. The zero-order valence-corrected chi connectivity index (χ0v) is 15.0. The van der Waals surface area contributed by atoms with Gasteiger partial charge in [-0.2, -0.15) is 14.6 Å². The number of piperidine rings is 1. The molecule has 1 atom stereocenters. The van der Waals surface area contributed by atoms with E-state index in [0.717, 1.165) is 30.9 Å². The maximum absolute atomic E-state index is 12.7. The summed E-state index contributed by atoms with van der Waals surface area (Å²) in [5.41, 5.74) is 0.873. The van der Waals surface area contributed by atoms with Crippen molar-refractivity contribution in [1.29, 1.82) is 0 Å². The number of anilines is 2. The first-order valence-corrected chi connectivity index (χ1v) is 8.83. The number of nitrogens with one attached hydrogen (secondary N) is 1. The average Bonchev–Trinajstić information content (AvgIpc) is 3.11. The number of hydrogen-bond donors (Lipinski definition) is 1. The average molecular weight is 372 g/mol. The van der Waals surface area contributed by atoms with Crippen molar-refractivity contribution < 1.29 is 4.79 Å². The van der Waals surface area contributed by atoms with Crippen molar-refractivity contribution >= 4 is 34.9 Å². The Morgan fingerprint density at radius 1 is 1.35 bits per heavy atom. The Balaban J connectivity index is 1.52. The minimum atomic E-state index is -0.131. The smallest absolute Gasteiger partial charge is 0.254 e. The molecular formula is C17H18ClN7O. The number of carbonyl (C=O) groups is 1. The Kier molecular flexibility index (Phi) is 4.42. The van der Waals surface area contributed by atoms with E-state index in [0.29, 0.717) is 23.2 Å². The molecule has 1 aliphatic rings. The highest BCUT2D eigenvalue weighted by atomic mass is 35.5. The number of halogens is 1. The number of pyridine rings is 1. The molecule has 1 unspecified atom stereocenters. The molecule has 0 spiro atoms. The molecule has 0 aliphatic carbocycles. The van der Waals surface area contributed by atoms with Gasteiger partial charge < -0.3 is 10.2 Å². The molecule has 3 aromatic rings. The molecule has 26 heavy (non-hydrogen) atoms. The lowest BCUT2D eigenvalue weighted by atomic mass is 9.97. The van der Waals surface area contributed by atoms with E-state index in [1.807, 2.05) is 13.0 Å². The lowest BCUT2D eigenvalue weighted by Crippen LogP contribution is -2.41. The summed E-state index contributed by atoms with van der Waals surface area (Å²) in [6.45, 7) is 3.40. The first kappa shape index (κ1) is 16.7. The summed E-state index contributed by atoms with van der Waals surface area (Å²) in [5.74, 6) is 1.82. The SMILES string of the molecule is Cc1cc(N2CCCC(C(=O)Nc3ccc(Cl)cn3)C2)n2ncnc2n1. The molecule has 8 nitrogen and oxygen atoms in total. The van der Waals surface area contributed by atoms with E-state index in [1.165, 1.54) is 12.5 Å². The van der Waals surface area contributed by atoms with Crippen LogP contribution in [0, 0.1) is 12.8 Å². The lowest BCUT2D eigenvalue weighted by Gasteiger charge is -2.33. The summed E-state index contributed by atoms with van der Waals surface area (Å²) >= 11 is 5.83. The van der Waals surface area contributed by atoms with Gasteiger partial charge in [-0.25, -0.2) is 9.97 Å². The normalized spacial score (nSPS) is 17.5. The van der Waals surface area contributed by atoms with Gasteiger partial charge in [0.25, 0.3) is 5.78 Å². The van der Waals surface area contributed by atoms with Gasteiger partial charge in [0.2, 0.25) is 5.91 Å². The molecule has 1 aliphatic heterocycles. The minimum Gasteiger partial charge on any atom is -0.356 e. The molecule has 0 bridgehead atoms. The second-order valence-corrected chi connectivity index (χ2v) is 6.80. The van der Waals surface area contributed by atoms with Gasteiger partial charge >= 0.3 is 0 Å². The Morgan fingerprint density at radius 3 is 3.04 bits per heavy atom. The number of aryl methyl sites for hydroxylation is 1. The highest BCUT2D eigenvalue weighted by molar-refractivity contribution is 6.30. The molecule has 9 heteroatoms. The predicted molar refractivity (Wildman–Crippen MR) is 98.3 cm³/mol. The molecule has 1 saturated heterocycles. The van der Waals surface area contributed by atoms with Gasteiger partial charge in [-0.15, -0.1) is 0 Å². The number of amides is 1. The summed E-state index contributed by atoms with van der Waals surface area (Å²) in [7, 11) is 0. The molecule has 1 N–H and O–H groups in total. The van der Waals surface area contributed by atoms with Crippen LogP contribution in [0.1, 0.15) is 18.5 Å². The first-order valence-electron chi connectivity index (χ1n) is 8.45. The molecule has 0 aromatic carbocycles. The second kappa shape index (κ2) is 6.87. The topological polar surface area (TPSA) is 88.3 Å².